The third-order valence-electron chi connectivity index (χ3n) is 5.87. The zero-order valence-electron chi connectivity index (χ0n) is 18.7. The average molecular weight is 409 g/mol. The fourth-order valence-corrected chi connectivity index (χ4v) is 4.38. The maximum Gasteiger partial charge on any atom is 1.00 e. The van der Waals surface area contributed by atoms with Gasteiger partial charge in [-0.05, 0) is 70.6 Å². The van der Waals surface area contributed by atoms with Crippen LogP contribution in [0.1, 0.15) is 71.1 Å². The van der Waals surface area contributed by atoms with Gasteiger partial charge in [0.25, 0.3) is 10.1 Å². The molecule has 28 heavy (non-hydrogen) atoms. The molecule has 0 spiro atoms. The molecule has 0 bridgehead atoms. The SMILES string of the molecule is CC(=Cc1ccc(S(=O)(=O)O)cc1)c1ccc2c(c1)C(C)(C)CCC2(C)C.[H-].[Na+]. The molecule has 0 aliphatic heterocycles. The Kier molecular flexibility index (Phi) is 6.74. The van der Waals surface area contributed by atoms with Crippen molar-refractivity contribution in [1.29, 1.82) is 0 Å². The molecule has 0 radical (unpaired) electrons. The van der Waals surface area contributed by atoms with Gasteiger partial charge in [0, 0.05) is 0 Å². The van der Waals surface area contributed by atoms with Crippen LogP contribution in [-0.4, -0.2) is 13.0 Å². The van der Waals surface area contributed by atoms with Crippen molar-refractivity contribution in [2.75, 3.05) is 0 Å². The maximum absolute atomic E-state index is 11.2. The van der Waals surface area contributed by atoms with Crippen LogP contribution in [0.3, 0.4) is 0 Å². The summed E-state index contributed by atoms with van der Waals surface area (Å²) in [7, 11) is -4.16. The fraction of sp³-hybridized carbons (Fsp3) is 0.391. The van der Waals surface area contributed by atoms with E-state index in [-0.39, 0.29) is 46.7 Å². The molecule has 2 aromatic carbocycles. The third-order valence-corrected chi connectivity index (χ3v) is 6.74. The second-order valence-electron chi connectivity index (χ2n) is 8.90. The van der Waals surface area contributed by atoms with Crippen molar-refractivity contribution in [2.45, 2.75) is 63.2 Å². The summed E-state index contributed by atoms with van der Waals surface area (Å²) in [5.74, 6) is 0. The molecular formula is C23H29NaO3S. The van der Waals surface area contributed by atoms with Gasteiger partial charge >= 0.3 is 29.6 Å². The third kappa shape index (κ3) is 4.80. The molecule has 5 heteroatoms. The molecule has 2 aromatic rings. The summed E-state index contributed by atoms with van der Waals surface area (Å²) in [6.45, 7) is 11.3. The van der Waals surface area contributed by atoms with E-state index in [9.17, 15) is 8.42 Å². The van der Waals surface area contributed by atoms with Crippen LogP contribution in [0, 0.1) is 0 Å². The van der Waals surface area contributed by atoms with Crippen molar-refractivity contribution in [2.24, 2.45) is 0 Å². The molecule has 0 atom stereocenters. The quantitative estimate of drug-likeness (QED) is 0.483. The first-order valence-corrected chi connectivity index (χ1v) is 10.8. The van der Waals surface area contributed by atoms with Crippen molar-refractivity contribution < 1.29 is 44.0 Å². The van der Waals surface area contributed by atoms with Crippen LogP contribution in [0.4, 0.5) is 0 Å². The topological polar surface area (TPSA) is 54.4 Å². The van der Waals surface area contributed by atoms with E-state index in [4.69, 9.17) is 4.55 Å². The zero-order valence-corrected chi connectivity index (χ0v) is 20.5. The largest absolute Gasteiger partial charge is 1.00 e. The van der Waals surface area contributed by atoms with E-state index < -0.39 is 10.1 Å². The Hall–Kier alpha value is -0.910. The van der Waals surface area contributed by atoms with Crippen molar-refractivity contribution in [3.05, 3.63) is 64.7 Å². The normalized spacial score (nSPS) is 18.1. The standard InChI is InChI=1S/C23H28O3S.Na.H/c1-16(14-17-6-9-19(10-7-17)27(24,25)26)18-8-11-20-21(15-18)23(4,5)13-12-22(20,2)3;;/h6-11,14-15H,12-13H2,1-5H3,(H,24,25,26);;/q;+1;-1. The van der Waals surface area contributed by atoms with E-state index in [2.05, 4.69) is 52.8 Å². The molecule has 1 N–H and O–H groups in total. The summed E-state index contributed by atoms with van der Waals surface area (Å²) in [6, 6.07) is 13.0. The van der Waals surface area contributed by atoms with Gasteiger partial charge in [-0.2, -0.15) is 8.42 Å². The molecule has 0 fully saturated rings. The Labute approximate surface area is 192 Å². The predicted molar refractivity (Wildman–Crippen MR) is 113 cm³/mol. The second-order valence-corrected chi connectivity index (χ2v) is 10.3. The molecular weight excluding hydrogens is 379 g/mol. The second kappa shape index (κ2) is 8.08. The Morgan fingerprint density at radius 1 is 0.964 bits per heavy atom. The number of rotatable bonds is 3. The Bertz CT molecular complexity index is 1010. The van der Waals surface area contributed by atoms with Gasteiger partial charge in [0.15, 0.2) is 0 Å². The Morgan fingerprint density at radius 2 is 1.50 bits per heavy atom. The molecule has 3 nitrogen and oxygen atoms in total. The van der Waals surface area contributed by atoms with Gasteiger partial charge in [-0.3, -0.25) is 4.55 Å². The predicted octanol–water partition coefficient (Wildman–Crippen LogP) is 2.96. The average Bonchev–Trinajstić information content (AvgIpc) is 2.58. The fourth-order valence-electron chi connectivity index (χ4n) is 3.90. The summed E-state index contributed by atoms with van der Waals surface area (Å²) >= 11 is 0. The van der Waals surface area contributed by atoms with Gasteiger partial charge in [-0.25, -0.2) is 0 Å². The summed E-state index contributed by atoms with van der Waals surface area (Å²) in [5.41, 5.74) is 6.43. The van der Waals surface area contributed by atoms with E-state index in [0.717, 1.165) is 11.1 Å². The molecule has 1 aliphatic carbocycles. The van der Waals surface area contributed by atoms with Crippen LogP contribution in [0.2, 0.25) is 0 Å². The molecule has 0 unspecified atom stereocenters. The molecule has 0 heterocycles. The summed E-state index contributed by atoms with van der Waals surface area (Å²) in [5, 5.41) is 0. The van der Waals surface area contributed by atoms with Crippen molar-refractivity contribution in [1.82, 2.24) is 0 Å². The number of allylic oxidation sites excluding steroid dienone is 1. The first-order valence-electron chi connectivity index (χ1n) is 9.31. The van der Waals surface area contributed by atoms with Gasteiger partial charge in [0.2, 0.25) is 0 Å². The van der Waals surface area contributed by atoms with E-state index in [1.54, 1.807) is 12.1 Å². The van der Waals surface area contributed by atoms with Gasteiger partial charge < -0.3 is 1.43 Å². The molecule has 3 rings (SSSR count). The Balaban J connectivity index is 0.00000210. The zero-order chi connectivity index (χ0) is 20.0. The van der Waals surface area contributed by atoms with Gasteiger partial charge in [-0.1, -0.05) is 64.1 Å². The number of benzene rings is 2. The van der Waals surface area contributed by atoms with Crippen LogP contribution in [0.5, 0.6) is 0 Å². The van der Waals surface area contributed by atoms with Gasteiger partial charge in [0.1, 0.15) is 0 Å². The van der Waals surface area contributed by atoms with Crippen LogP contribution in [0.25, 0.3) is 11.6 Å². The molecule has 1 aliphatic rings. The maximum atomic E-state index is 11.2. The summed E-state index contributed by atoms with van der Waals surface area (Å²) in [6.07, 6.45) is 4.41. The van der Waals surface area contributed by atoms with Crippen LogP contribution >= 0.6 is 0 Å². The molecule has 146 valence electrons. The number of hydrogen-bond donors (Lipinski definition) is 1. The van der Waals surface area contributed by atoms with Gasteiger partial charge in [-0.15, -0.1) is 0 Å². The molecule has 0 saturated heterocycles. The first-order chi connectivity index (χ1) is 12.4. The molecule has 0 saturated carbocycles. The van der Waals surface area contributed by atoms with E-state index >= 15 is 0 Å². The van der Waals surface area contributed by atoms with Crippen molar-refractivity contribution in [3.8, 4) is 0 Å². The first kappa shape index (κ1) is 23.4. The van der Waals surface area contributed by atoms with Crippen molar-refractivity contribution >= 4 is 21.8 Å². The summed E-state index contributed by atoms with van der Waals surface area (Å²) in [4.78, 5) is -0.0879. The molecule has 0 aromatic heterocycles. The van der Waals surface area contributed by atoms with Crippen LogP contribution in [-0.2, 0) is 20.9 Å². The number of fused-ring (bicyclic) bond motifs is 1. The molecule has 0 amide bonds. The Morgan fingerprint density at radius 3 is 2.04 bits per heavy atom. The van der Waals surface area contributed by atoms with Crippen LogP contribution < -0.4 is 29.6 Å². The summed E-state index contributed by atoms with van der Waals surface area (Å²) < 4.78 is 31.5. The van der Waals surface area contributed by atoms with E-state index in [0.29, 0.717) is 0 Å². The van der Waals surface area contributed by atoms with Crippen LogP contribution in [0.15, 0.2) is 47.4 Å². The smallest absolute Gasteiger partial charge is 1.00 e. The minimum Gasteiger partial charge on any atom is -1.00 e. The minimum absolute atomic E-state index is 0. The van der Waals surface area contributed by atoms with Crippen molar-refractivity contribution in [3.63, 3.8) is 0 Å². The van der Waals surface area contributed by atoms with Gasteiger partial charge in [0.05, 0.1) is 4.90 Å². The monoisotopic (exact) mass is 408 g/mol. The number of hydrogen-bond acceptors (Lipinski definition) is 2. The van der Waals surface area contributed by atoms with E-state index in [1.807, 2.05) is 6.08 Å². The van der Waals surface area contributed by atoms with E-state index in [1.165, 1.54) is 41.7 Å². The minimum atomic E-state index is -4.16.